The molecule has 40 heavy (non-hydrogen) atoms. The lowest BCUT2D eigenvalue weighted by atomic mass is 9.77. The Morgan fingerprint density at radius 2 is 2.05 bits per heavy atom. The number of nitrogens with two attached hydrogens (primary N) is 1. The molecule has 0 amide bonds. The summed E-state index contributed by atoms with van der Waals surface area (Å²) in [5, 5.41) is 38.0. The number of aliphatic carboxylic acids is 1. The highest BCUT2D eigenvalue weighted by Gasteiger charge is 2.47. The number of nitrogens with zero attached hydrogens (tertiary/aromatic N) is 2. The smallest absolute Gasteiger partial charge is 0.306 e. The Morgan fingerprint density at radius 1 is 1.27 bits per heavy atom. The quantitative estimate of drug-likeness (QED) is 0.150. The number of carbonyl (C=O) groups is 1. The van der Waals surface area contributed by atoms with Gasteiger partial charge in [-0.25, -0.2) is 4.99 Å². The van der Waals surface area contributed by atoms with E-state index >= 15 is 0 Å². The highest BCUT2D eigenvalue weighted by Crippen LogP contribution is 2.35. The summed E-state index contributed by atoms with van der Waals surface area (Å²) in [6.07, 6.45) is 13.7. The van der Waals surface area contributed by atoms with Gasteiger partial charge in [-0.05, 0) is 65.0 Å². The molecule has 10 heteroatoms. The molecule has 0 bridgehead atoms. The second-order valence-corrected chi connectivity index (χ2v) is 13.8. The van der Waals surface area contributed by atoms with Crippen molar-refractivity contribution in [2.24, 2.45) is 16.6 Å². The Labute approximate surface area is 241 Å². The summed E-state index contributed by atoms with van der Waals surface area (Å²) in [5.74, 6) is -0.198. The number of hydrogen-bond acceptors (Lipinski definition) is 8. The number of aliphatic imine (C=N–C) groups is 1. The first-order chi connectivity index (χ1) is 19.1. The van der Waals surface area contributed by atoms with Crippen molar-refractivity contribution >= 4 is 12.2 Å². The van der Waals surface area contributed by atoms with Crippen molar-refractivity contribution in [3.05, 3.63) is 0 Å². The van der Waals surface area contributed by atoms with Gasteiger partial charge in [-0.15, -0.1) is 0 Å². The predicted octanol–water partition coefficient (Wildman–Crippen LogP) is 0.469. The Bertz CT molecular complexity index is 839. The van der Waals surface area contributed by atoms with Crippen molar-refractivity contribution in [3.63, 3.8) is 0 Å². The van der Waals surface area contributed by atoms with Gasteiger partial charge in [0.2, 0.25) is 0 Å². The van der Waals surface area contributed by atoms with Crippen molar-refractivity contribution in [1.29, 1.82) is 0 Å². The van der Waals surface area contributed by atoms with Crippen molar-refractivity contribution in [3.8, 4) is 0 Å². The summed E-state index contributed by atoms with van der Waals surface area (Å²) >= 11 is 0. The van der Waals surface area contributed by atoms with Gasteiger partial charge in [-0.2, -0.15) is 0 Å². The molecule has 4 aliphatic heterocycles. The topological polar surface area (TPSA) is 148 Å². The minimum Gasteiger partial charge on any atom is -0.481 e. The highest BCUT2D eigenvalue weighted by molar-refractivity contribution is 5.68. The molecule has 230 valence electrons. The number of piperidine rings is 3. The number of β-amino-alcohol motifs (C(OH)–C–C–N with tert-alkyl or cyclic N) is 1. The van der Waals surface area contributed by atoms with Crippen LogP contribution in [0, 0.1) is 5.92 Å². The molecule has 9 atom stereocenters. The molecule has 9 unspecified atom stereocenters. The van der Waals surface area contributed by atoms with E-state index in [1.807, 2.05) is 6.21 Å². The zero-order valence-electron chi connectivity index (χ0n) is 25.0. The average molecular weight is 566 g/mol. The minimum atomic E-state index is -1.23. The van der Waals surface area contributed by atoms with Gasteiger partial charge in [-0.1, -0.05) is 38.5 Å². The van der Waals surface area contributed by atoms with Crippen LogP contribution in [0.5, 0.6) is 0 Å². The van der Waals surface area contributed by atoms with Crippen LogP contribution in [0.3, 0.4) is 0 Å². The number of unbranched alkanes of at least 4 members (excludes halogenated alkanes) is 4. The molecule has 0 spiro atoms. The van der Waals surface area contributed by atoms with Crippen LogP contribution in [0.1, 0.15) is 97.3 Å². The fourth-order valence-corrected chi connectivity index (χ4v) is 7.90. The lowest BCUT2D eigenvalue weighted by Gasteiger charge is -2.52. The molecule has 3 fully saturated rings. The molecule has 4 aliphatic rings. The van der Waals surface area contributed by atoms with E-state index in [-0.39, 0.29) is 36.8 Å². The summed E-state index contributed by atoms with van der Waals surface area (Å²) in [5.41, 5.74) is 4.64. The predicted molar refractivity (Wildman–Crippen MR) is 157 cm³/mol. The van der Waals surface area contributed by atoms with E-state index in [0.29, 0.717) is 18.5 Å². The average Bonchev–Trinajstić information content (AvgIpc) is 3.43. The number of nitrogens with one attached hydrogen (secondary N) is 3. The third-order valence-corrected chi connectivity index (χ3v) is 10.5. The summed E-state index contributed by atoms with van der Waals surface area (Å²) in [7, 11) is 0. The molecule has 0 saturated carbocycles. The van der Waals surface area contributed by atoms with Gasteiger partial charge in [-0.3, -0.25) is 9.69 Å². The Kier molecular flexibility index (Phi) is 11.4. The van der Waals surface area contributed by atoms with Crippen molar-refractivity contribution in [1.82, 2.24) is 15.5 Å². The fourth-order valence-electron chi connectivity index (χ4n) is 7.90. The molecular weight excluding hydrogens is 508 g/mol. The largest absolute Gasteiger partial charge is 0.481 e. The third-order valence-electron chi connectivity index (χ3n) is 10.5. The fraction of sp³-hybridized carbons (Fsp3) is 0.933. The van der Waals surface area contributed by atoms with Crippen LogP contribution in [-0.4, -0.2) is 107 Å². The van der Waals surface area contributed by atoms with Crippen molar-refractivity contribution in [2.75, 3.05) is 32.8 Å². The minimum absolute atomic E-state index is 0.0762. The maximum absolute atomic E-state index is 11.5. The van der Waals surface area contributed by atoms with Crippen LogP contribution in [0.2, 0.25) is 0 Å². The lowest BCUT2D eigenvalue weighted by molar-refractivity contribution is -0.915. The maximum atomic E-state index is 11.5. The van der Waals surface area contributed by atoms with Gasteiger partial charge in [0, 0.05) is 24.5 Å². The van der Waals surface area contributed by atoms with Gasteiger partial charge in [0.05, 0.1) is 36.5 Å². The number of carboxylic acid groups (broad SMARTS) is 1. The number of carboxylic acids is 1. The highest BCUT2D eigenvalue weighted by atomic mass is 16.4. The standard InChI is InChI=1S/C30H56N6O4/c1-22-26(37)17-24(35-15-13-32-21-35)25-16-23(9-14-36(22)25)8-6-4-3-5-7-10-30(40,19-28(38)39)20-34-29(2)11-12-33-27(31)18-29/h13,22-27,33-34,37,40H,3-12,14-21,31H2,1-2H3,(H,38,39)/p+1. The molecule has 0 aliphatic carbocycles. The molecule has 8 N–H and O–H groups in total. The molecule has 4 rings (SSSR count). The van der Waals surface area contributed by atoms with Crippen LogP contribution >= 0.6 is 0 Å². The van der Waals surface area contributed by atoms with E-state index in [9.17, 15) is 20.1 Å². The molecule has 3 saturated heterocycles. The molecule has 0 aromatic carbocycles. The summed E-state index contributed by atoms with van der Waals surface area (Å²) in [6, 6.07) is 1.28. The van der Waals surface area contributed by atoms with E-state index in [2.05, 4.69) is 34.4 Å². The monoisotopic (exact) mass is 565 g/mol. The lowest BCUT2D eigenvalue weighted by Crippen LogP contribution is -3.16. The zero-order chi connectivity index (χ0) is 28.8. The van der Waals surface area contributed by atoms with Crippen molar-refractivity contribution < 1.29 is 25.0 Å². The van der Waals surface area contributed by atoms with Crippen LogP contribution < -0.4 is 21.3 Å². The van der Waals surface area contributed by atoms with E-state index in [1.54, 1.807) is 0 Å². The zero-order valence-corrected chi connectivity index (χ0v) is 25.0. The number of rotatable bonds is 14. The van der Waals surface area contributed by atoms with Crippen LogP contribution in [0.4, 0.5) is 0 Å². The van der Waals surface area contributed by atoms with Crippen molar-refractivity contribution in [2.45, 2.75) is 139 Å². The van der Waals surface area contributed by atoms with E-state index in [4.69, 9.17) is 5.73 Å². The van der Waals surface area contributed by atoms with Gasteiger partial charge in [0.15, 0.2) is 6.67 Å². The Morgan fingerprint density at radius 3 is 2.77 bits per heavy atom. The van der Waals surface area contributed by atoms with Gasteiger partial charge >= 0.3 is 5.97 Å². The second-order valence-electron chi connectivity index (χ2n) is 13.8. The van der Waals surface area contributed by atoms with E-state index in [0.717, 1.165) is 70.7 Å². The Hall–Kier alpha value is -1.14. The molecule has 4 heterocycles. The second kappa shape index (κ2) is 14.4. The van der Waals surface area contributed by atoms with Gasteiger partial charge in [0.25, 0.3) is 0 Å². The van der Waals surface area contributed by atoms with E-state index < -0.39 is 11.6 Å². The van der Waals surface area contributed by atoms with Crippen LogP contribution in [-0.2, 0) is 4.79 Å². The van der Waals surface area contributed by atoms with Gasteiger partial charge < -0.3 is 36.6 Å². The molecule has 0 aromatic rings. The van der Waals surface area contributed by atoms with Crippen LogP contribution in [0.15, 0.2) is 4.99 Å². The maximum Gasteiger partial charge on any atom is 0.306 e. The molecule has 10 nitrogen and oxygen atoms in total. The SMILES string of the molecule is CC1C(O)CC([NH+]2CC=NC2)C2CC(CCCCCCCC(O)(CNC3(C)CCNC(N)C3)CC(=O)O)CCN12. The Balaban J connectivity index is 1.15. The molecule has 0 radical (unpaired) electrons. The first-order valence-corrected chi connectivity index (χ1v) is 16.0. The number of fused-ring (bicyclic) bond motifs is 1. The number of aliphatic hydroxyl groups excluding tert-OH is 1. The van der Waals surface area contributed by atoms with Gasteiger partial charge in [0.1, 0.15) is 12.6 Å². The molecule has 0 aromatic heterocycles. The summed E-state index contributed by atoms with van der Waals surface area (Å²) in [6.45, 7) is 8.34. The molecular formula is C30H57N6O4+. The summed E-state index contributed by atoms with van der Waals surface area (Å²) < 4.78 is 0. The third kappa shape index (κ3) is 8.69. The number of hydrogen-bond donors (Lipinski definition) is 7. The van der Waals surface area contributed by atoms with Crippen LogP contribution in [0.25, 0.3) is 0 Å². The number of quaternary nitrogens is 1. The summed E-state index contributed by atoms with van der Waals surface area (Å²) in [4.78, 5) is 20.1. The number of aliphatic hydroxyl groups is 2. The first kappa shape index (κ1) is 31.8. The van der Waals surface area contributed by atoms with E-state index in [1.165, 1.54) is 37.0 Å². The normalized spacial score (nSPS) is 38.2. The first-order valence-electron chi connectivity index (χ1n) is 16.0.